The summed E-state index contributed by atoms with van der Waals surface area (Å²) < 4.78 is 15.6. The van der Waals surface area contributed by atoms with E-state index in [1.54, 1.807) is 25.3 Å². The molecule has 0 saturated carbocycles. The smallest absolute Gasteiger partial charge is 0.286 e. The molecule has 1 aromatic heterocycles. The molecule has 2 N–H and O–H groups in total. The van der Waals surface area contributed by atoms with Gasteiger partial charge >= 0.3 is 0 Å². The van der Waals surface area contributed by atoms with Crippen molar-refractivity contribution in [2.24, 2.45) is 0 Å². The zero-order valence-electron chi connectivity index (χ0n) is 13.4. The van der Waals surface area contributed by atoms with E-state index in [-0.39, 0.29) is 30.5 Å². The molecule has 1 aromatic carbocycles. The van der Waals surface area contributed by atoms with Crippen molar-refractivity contribution in [3.05, 3.63) is 48.4 Å². The lowest BCUT2D eigenvalue weighted by Crippen LogP contribution is -2.32. The van der Waals surface area contributed by atoms with Crippen LogP contribution in [0.25, 0.3) is 0 Å². The Balaban J connectivity index is 1.57. The predicted octanol–water partition coefficient (Wildman–Crippen LogP) is 1.60. The molecule has 128 valence electrons. The zero-order chi connectivity index (χ0) is 17.2. The third kappa shape index (κ3) is 5.68. The Morgan fingerprint density at radius 2 is 1.92 bits per heavy atom. The van der Waals surface area contributed by atoms with Crippen molar-refractivity contribution in [3.63, 3.8) is 0 Å². The Labute approximate surface area is 139 Å². The summed E-state index contributed by atoms with van der Waals surface area (Å²) >= 11 is 0. The highest BCUT2D eigenvalue weighted by Gasteiger charge is 2.08. The minimum absolute atomic E-state index is 0.163. The minimum atomic E-state index is -0.339. The van der Waals surface area contributed by atoms with E-state index < -0.39 is 0 Å². The van der Waals surface area contributed by atoms with Crippen molar-refractivity contribution in [3.8, 4) is 11.5 Å². The van der Waals surface area contributed by atoms with Gasteiger partial charge in [0.05, 0.1) is 19.9 Å². The molecule has 0 aliphatic heterocycles. The van der Waals surface area contributed by atoms with Gasteiger partial charge in [-0.2, -0.15) is 0 Å². The molecule has 1 heterocycles. The van der Waals surface area contributed by atoms with Crippen molar-refractivity contribution in [1.29, 1.82) is 0 Å². The maximum Gasteiger partial charge on any atom is 0.286 e. The van der Waals surface area contributed by atoms with Crippen molar-refractivity contribution in [1.82, 2.24) is 10.6 Å². The molecular formula is C17H20N2O5. The van der Waals surface area contributed by atoms with Crippen LogP contribution in [0.3, 0.4) is 0 Å². The number of rotatable bonds is 9. The molecule has 0 atom stereocenters. The van der Waals surface area contributed by atoms with Gasteiger partial charge in [-0.25, -0.2) is 0 Å². The van der Waals surface area contributed by atoms with Crippen LogP contribution in [0.2, 0.25) is 0 Å². The Morgan fingerprint density at radius 1 is 1.08 bits per heavy atom. The van der Waals surface area contributed by atoms with Gasteiger partial charge in [-0.15, -0.1) is 0 Å². The van der Waals surface area contributed by atoms with Gasteiger partial charge in [-0.05, 0) is 24.3 Å². The molecule has 7 nitrogen and oxygen atoms in total. The lowest BCUT2D eigenvalue weighted by molar-refractivity contribution is -0.121. The first kappa shape index (κ1) is 17.4. The van der Waals surface area contributed by atoms with Crippen LogP contribution in [0.1, 0.15) is 17.0 Å². The standard InChI is InChI=1S/C17H20N2O5/c1-22-13-4-2-5-14(12-13)23-11-9-18-16(20)7-8-19-17(21)15-6-3-10-24-15/h2-6,10,12H,7-9,11H2,1H3,(H,18,20)(H,19,21). The van der Waals surface area contributed by atoms with E-state index in [2.05, 4.69) is 10.6 Å². The van der Waals surface area contributed by atoms with Crippen LogP contribution >= 0.6 is 0 Å². The van der Waals surface area contributed by atoms with Crippen LogP contribution in [0.5, 0.6) is 11.5 Å². The van der Waals surface area contributed by atoms with Crippen molar-refractivity contribution >= 4 is 11.8 Å². The average Bonchev–Trinajstić information content (AvgIpc) is 3.13. The van der Waals surface area contributed by atoms with Gasteiger partial charge in [0.2, 0.25) is 5.91 Å². The normalized spacial score (nSPS) is 10.0. The van der Waals surface area contributed by atoms with Gasteiger partial charge in [-0.1, -0.05) is 6.07 Å². The molecule has 0 bridgehead atoms. The molecule has 2 amide bonds. The molecule has 2 aromatic rings. The van der Waals surface area contributed by atoms with E-state index >= 15 is 0 Å². The average molecular weight is 332 g/mol. The summed E-state index contributed by atoms with van der Waals surface area (Å²) in [6.07, 6.45) is 1.61. The topological polar surface area (TPSA) is 89.8 Å². The van der Waals surface area contributed by atoms with E-state index in [1.165, 1.54) is 6.26 Å². The highest BCUT2D eigenvalue weighted by Crippen LogP contribution is 2.18. The van der Waals surface area contributed by atoms with Gasteiger partial charge in [0.1, 0.15) is 18.1 Å². The maximum absolute atomic E-state index is 11.7. The summed E-state index contributed by atoms with van der Waals surface area (Å²) in [5.74, 6) is 1.11. The number of methoxy groups -OCH3 is 1. The quantitative estimate of drug-likeness (QED) is 0.681. The van der Waals surface area contributed by atoms with Gasteiger partial charge < -0.3 is 24.5 Å². The largest absolute Gasteiger partial charge is 0.497 e. The third-order valence-corrected chi connectivity index (χ3v) is 3.12. The molecule has 0 unspecified atom stereocenters. The molecule has 7 heteroatoms. The summed E-state index contributed by atoms with van der Waals surface area (Å²) in [4.78, 5) is 23.3. The van der Waals surface area contributed by atoms with Crippen LogP contribution in [-0.2, 0) is 4.79 Å². The summed E-state index contributed by atoms with van der Waals surface area (Å²) in [6.45, 7) is 0.960. The molecular weight excluding hydrogens is 312 g/mol. The van der Waals surface area contributed by atoms with Crippen molar-refractivity contribution < 1.29 is 23.5 Å². The molecule has 0 aliphatic carbocycles. The Hall–Kier alpha value is -2.96. The Bertz CT molecular complexity index is 655. The van der Waals surface area contributed by atoms with E-state index in [1.807, 2.05) is 18.2 Å². The van der Waals surface area contributed by atoms with Crippen LogP contribution in [0.4, 0.5) is 0 Å². The van der Waals surface area contributed by atoms with Crippen molar-refractivity contribution in [2.45, 2.75) is 6.42 Å². The Morgan fingerprint density at radius 3 is 2.67 bits per heavy atom. The second-order valence-corrected chi connectivity index (χ2v) is 4.86. The number of hydrogen-bond acceptors (Lipinski definition) is 5. The molecule has 0 radical (unpaired) electrons. The van der Waals surface area contributed by atoms with Crippen LogP contribution in [-0.4, -0.2) is 38.6 Å². The molecule has 0 fully saturated rings. The predicted molar refractivity (Wildman–Crippen MR) is 87.2 cm³/mol. The fourth-order valence-corrected chi connectivity index (χ4v) is 1.92. The zero-order valence-corrected chi connectivity index (χ0v) is 13.4. The molecule has 0 spiro atoms. The number of nitrogens with one attached hydrogen (secondary N) is 2. The minimum Gasteiger partial charge on any atom is -0.497 e. The van der Waals surface area contributed by atoms with E-state index in [4.69, 9.17) is 13.9 Å². The first-order valence-corrected chi connectivity index (χ1v) is 7.54. The summed E-state index contributed by atoms with van der Waals surface area (Å²) in [5.41, 5.74) is 0. The highest BCUT2D eigenvalue weighted by molar-refractivity contribution is 5.91. The van der Waals surface area contributed by atoms with Gasteiger partial charge in [0.25, 0.3) is 5.91 Å². The molecule has 0 aliphatic rings. The van der Waals surface area contributed by atoms with Gasteiger partial charge in [0.15, 0.2) is 5.76 Å². The second kappa shape index (κ2) is 9.24. The molecule has 2 rings (SSSR count). The molecule has 24 heavy (non-hydrogen) atoms. The van der Waals surface area contributed by atoms with E-state index in [0.29, 0.717) is 24.7 Å². The number of furan rings is 1. The van der Waals surface area contributed by atoms with Crippen LogP contribution < -0.4 is 20.1 Å². The number of carbonyl (C=O) groups excluding carboxylic acids is 2. The summed E-state index contributed by atoms with van der Waals surface area (Å²) in [7, 11) is 1.59. The second-order valence-electron chi connectivity index (χ2n) is 4.86. The highest BCUT2D eigenvalue weighted by atomic mass is 16.5. The van der Waals surface area contributed by atoms with Crippen molar-refractivity contribution in [2.75, 3.05) is 26.8 Å². The summed E-state index contributed by atoms with van der Waals surface area (Å²) in [6, 6.07) is 10.4. The number of amides is 2. The maximum atomic E-state index is 11.7. The molecule has 0 saturated heterocycles. The van der Waals surface area contributed by atoms with Gasteiger partial charge in [-0.3, -0.25) is 9.59 Å². The van der Waals surface area contributed by atoms with Crippen LogP contribution in [0, 0.1) is 0 Å². The first-order chi connectivity index (χ1) is 11.7. The van der Waals surface area contributed by atoms with E-state index in [0.717, 1.165) is 0 Å². The number of ether oxygens (including phenoxy) is 2. The number of carbonyl (C=O) groups is 2. The Kier molecular flexibility index (Phi) is 6.70. The van der Waals surface area contributed by atoms with Gasteiger partial charge in [0, 0.05) is 19.0 Å². The first-order valence-electron chi connectivity index (χ1n) is 7.54. The van der Waals surface area contributed by atoms with Crippen LogP contribution in [0.15, 0.2) is 47.1 Å². The summed E-state index contributed by atoms with van der Waals surface area (Å²) in [5, 5.41) is 5.33. The third-order valence-electron chi connectivity index (χ3n) is 3.12. The lowest BCUT2D eigenvalue weighted by Gasteiger charge is -2.09. The lowest BCUT2D eigenvalue weighted by atomic mass is 10.3. The number of hydrogen-bond donors (Lipinski definition) is 2. The fraction of sp³-hybridized carbons (Fsp3) is 0.294. The van der Waals surface area contributed by atoms with E-state index in [9.17, 15) is 9.59 Å². The monoisotopic (exact) mass is 332 g/mol. The SMILES string of the molecule is COc1cccc(OCCNC(=O)CCNC(=O)c2ccco2)c1. The number of benzene rings is 1. The fourth-order valence-electron chi connectivity index (χ4n) is 1.92.